The monoisotopic (exact) mass is 294 g/mol. The van der Waals surface area contributed by atoms with Crippen LogP contribution in [0.3, 0.4) is 0 Å². The molecule has 0 aliphatic rings. The zero-order chi connectivity index (χ0) is 13.8. The minimum absolute atomic E-state index is 0.0909. The van der Waals surface area contributed by atoms with Crippen LogP contribution < -0.4 is 5.32 Å². The van der Waals surface area contributed by atoms with Crippen LogP contribution >= 0.6 is 23.2 Å². The van der Waals surface area contributed by atoms with Crippen molar-refractivity contribution >= 4 is 28.9 Å². The third-order valence-electron chi connectivity index (χ3n) is 2.60. The van der Waals surface area contributed by atoms with Crippen molar-refractivity contribution in [3.05, 3.63) is 63.4 Å². The van der Waals surface area contributed by atoms with E-state index in [0.717, 1.165) is 0 Å². The summed E-state index contributed by atoms with van der Waals surface area (Å²) in [5.41, 5.74) is 1.53. The Kier molecular flexibility index (Phi) is 4.26. The smallest absolute Gasteiger partial charge is 0.146 e. The van der Waals surface area contributed by atoms with Crippen LogP contribution in [0.4, 0.5) is 10.1 Å². The van der Waals surface area contributed by atoms with Crippen LogP contribution in [-0.4, -0.2) is 0 Å². The quantitative estimate of drug-likeness (QED) is 0.897. The minimum Gasteiger partial charge on any atom is -0.381 e. The van der Waals surface area contributed by atoms with E-state index in [9.17, 15) is 4.39 Å². The highest BCUT2D eigenvalue weighted by atomic mass is 35.5. The zero-order valence-electron chi connectivity index (χ0n) is 9.75. The predicted molar refractivity (Wildman–Crippen MR) is 74.9 cm³/mol. The van der Waals surface area contributed by atoms with Crippen LogP contribution in [-0.2, 0) is 6.54 Å². The van der Waals surface area contributed by atoms with Crippen molar-refractivity contribution in [2.24, 2.45) is 0 Å². The van der Waals surface area contributed by atoms with Crippen molar-refractivity contribution < 1.29 is 4.39 Å². The number of nitriles is 1. The molecule has 96 valence electrons. The third-order valence-corrected chi connectivity index (χ3v) is 3.22. The summed E-state index contributed by atoms with van der Waals surface area (Å²) in [6, 6.07) is 11.8. The summed E-state index contributed by atoms with van der Waals surface area (Å²) < 4.78 is 13.7. The van der Waals surface area contributed by atoms with Gasteiger partial charge in [-0.05, 0) is 24.3 Å². The molecule has 0 aliphatic carbocycles. The van der Waals surface area contributed by atoms with E-state index in [1.807, 2.05) is 6.07 Å². The van der Waals surface area contributed by atoms with E-state index < -0.39 is 5.82 Å². The molecule has 5 heteroatoms. The van der Waals surface area contributed by atoms with Gasteiger partial charge in [-0.3, -0.25) is 0 Å². The topological polar surface area (TPSA) is 35.8 Å². The van der Waals surface area contributed by atoms with Gasteiger partial charge < -0.3 is 5.32 Å². The summed E-state index contributed by atoms with van der Waals surface area (Å²) >= 11 is 11.5. The number of benzene rings is 2. The van der Waals surface area contributed by atoms with Crippen LogP contribution in [0.15, 0.2) is 36.4 Å². The van der Waals surface area contributed by atoms with E-state index in [-0.39, 0.29) is 11.6 Å². The van der Waals surface area contributed by atoms with Gasteiger partial charge in [-0.1, -0.05) is 35.3 Å². The summed E-state index contributed by atoms with van der Waals surface area (Å²) in [6.45, 7) is 0.277. The second-order valence-corrected chi connectivity index (χ2v) is 4.69. The zero-order valence-corrected chi connectivity index (χ0v) is 11.3. The molecule has 2 aromatic rings. The largest absolute Gasteiger partial charge is 0.381 e. The van der Waals surface area contributed by atoms with E-state index in [2.05, 4.69) is 5.32 Å². The Morgan fingerprint density at radius 2 is 1.95 bits per heavy atom. The molecule has 1 N–H and O–H groups in total. The summed E-state index contributed by atoms with van der Waals surface area (Å²) in [7, 11) is 0. The fourth-order valence-electron chi connectivity index (χ4n) is 1.60. The first kappa shape index (κ1) is 13.7. The maximum Gasteiger partial charge on any atom is 0.146 e. The third kappa shape index (κ3) is 3.17. The molecule has 0 saturated heterocycles. The van der Waals surface area contributed by atoms with Crippen molar-refractivity contribution in [1.29, 1.82) is 5.26 Å². The van der Waals surface area contributed by atoms with Crippen LogP contribution in [0.2, 0.25) is 10.0 Å². The van der Waals surface area contributed by atoms with Crippen LogP contribution in [0.25, 0.3) is 0 Å². The Balaban J connectivity index is 2.15. The van der Waals surface area contributed by atoms with Gasteiger partial charge >= 0.3 is 0 Å². The normalized spacial score (nSPS) is 10.0. The van der Waals surface area contributed by atoms with Crippen LogP contribution in [0, 0.1) is 17.1 Å². The number of anilines is 1. The Bertz CT molecular complexity index is 650. The molecule has 2 rings (SSSR count). The number of hydrogen-bond donors (Lipinski definition) is 1. The van der Waals surface area contributed by atoms with E-state index in [4.69, 9.17) is 28.5 Å². The highest BCUT2D eigenvalue weighted by molar-refractivity contribution is 6.31. The van der Waals surface area contributed by atoms with Gasteiger partial charge in [0.2, 0.25) is 0 Å². The first-order valence-electron chi connectivity index (χ1n) is 5.48. The van der Waals surface area contributed by atoms with Gasteiger partial charge in [-0.15, -0.1) is 0 Å². The lowest BCUT2D eigenvalue weighted by Crippen LogP contribution is -2.02. The van der Waals surface area contributed by atoms with Gasteiger partial charge in [-0.25, -0.2) is 4.39 Å². The number of nitrogens with zero attached hydrogens (tertiary/aromatic N) is 1. The molecule has 0 spiro atoms. The molecular weight excluding hydrogens is 286 g/mol. The van der Waals surface area contributed by atoms with E-state index in [1.165, 1.54) is 6.07 Å². The number of hydrogen-bond acceptors (Lipinski definition) is 2. The summed E-state index contributed by atoms with van der Waals surface area (Å²) in [4.78, 5) is 0. The second kappa shape index (κ2) is 5.92. The van der Waals surface area contributed by atoms with E-state index >= 15 is 0 Å². The maximum atomic E-state index is 13.7. The van der Waals surface area contributed by atoms with Gasteiger partial charge in [0.05, 0.1) is 15.6 Å². The molecule has 0 atom stereocenters. The Hall–Kier alpha value is -1.76. The lowest BCUT2D eigenvalue weighted by atomic mass is 10.2. The molecular formula is C14H9Cl2FN2. The summed E-state index contributed by atoms with van der Waals surface area (Å²) in [5, 5.41) is 12.4. The fourth-order valence-corrected chi connectivity index (χ4v) is 1.96. The average molecular weight is 295 g/mol. The Labute approximate surface area is 120 Å². The maximum absolute atomic E-state index is 13.7. The molecule has 0 saturated carbocycles. The average Bonchev–Trinajstić information content (AvgIpc) is 2.42. The summed E-state index contributed by atoms with van der Waals surface area (Å²) in [6.07, 6.45) is 0. The Morgan fingerprint density at radius 1 is 1.16 bits per heavy atom. The second-order valence-electron chi connectivity index (χ2n) is 3.87. The van der Waals surface area contributed by atoms with Crippen LogP contribution in [0.1, 0.15) is 11.1 Å². The molecule has 0 heterocycles. The van der Waals surface area contributed by atoms with Crippen molar-refractivity contribution in [2.45, 2.75) is 6.54 Å². The van der Waals surface area contributed by atoms with E-state index in [1.54, 1.807) is 30.3 Å². The lowest BCUT2D eigenvalue weighted by Gasteiger charge is -2.09. The van der Waals surface area contributed by atoms with Crippen molar-refractivity contribution in [3.63, 3.8) is 0 Å². The van der Waals surface area contributed by atoms with Gasteiger partial charge in [-0.2, -0.15) is 5.26 Å². The van der Waals surface area contributed by atoms with Gasteiger partial charge in [0, 0.05) is 17.8 Å². The molecule has 0 radical (unpaired) electrons. The molecule has 0 fully saturated rings. The molecule has 19 heavy (non-hydrogen) atoms. The molecule has 0 amide bonds. The first-order chi connectivity index (χ1) is 9.11. The highest BCUT2D eigenvalue weighted by Crippen LogP contribution is 2.22. The minimum atomic E-state index is -0.439. The van der Waals surface area contributed by atoms with Crippen LogP contribution in [0.5, 0.6) is 0 Å². The molecule has 0 aromatic heterocycles. The number of nitrogens with one attached hydrogen (secondary N) is 1. The van der Waals surface area contributed by atoms with E-state index in [0.29, 0.717) is 21.8 Å². The predicted octanol–water partition coefficient (Wildman–Crippen LogP) is 4.62. The fraction of sp³-hybridized carbons (Fsp3) is 0.0714. The van der Waals surface area contributed by atoms with Crippen molar-refractivity contribution in [1.82, 2.24) is 0 Å². The van der Waals surface area contributed by atoms with Gasteiger partial charge in [0.15, 0.2) is 0 Å². The van der Waals surface area contributed by atoms with Gasteiger partial charge in [0.25, 0.3) is 0 Å². The number of rotatable bonds is 3. The van der Waals surface area contributed by atoms with Crippen molar-refractivity contribution in [3.8, 4) is 6.07 Å². The number of halogens is 3. The molecule has 2 nitrogen and oxygen atoms in total. The molecule has 0 unspecified atom stereocenters. The first-order valence-corrected chi connectivity index (χ1v) is 6.24. The molecule has 2 aromatic carbocycles. The summed E-state index contributed by atoms with van der Waals surface area (Å²) in [5.74, 6) is -0.439. The van der Waals surface area contributed by atoms with Crippen molar-refractivity contribution in [2.75, 3.05) is 5.32 Å². The lowest BCUT2D eigenvalue weighted by molar-refractivity contribution is 0.613. The highest BCUT2D eigenvalue weighted by Gasteiger charge is 2.06. The molecule has 0 aliphatic heterocycles. The SMILES string of the molecule is N#Cc1cc(NCc2cccc(Cl)c2F)ccc1Cl. The standard InChI is InChI=1S/C14H9Cl2FN2/c15-12-5-4-11(6-10(12)7-18)19-8-9-2-1-3-13(16)14(9)17/h1-6,19H,8H2. The Morgan fingerprint density at radius 3 is 2.68 bits per heavy atom. The molecule has 0 bridgehead atoms. The van der Waals surface area contributed by atoms with Gasteiger partial charge in [0.1, 0.15) is 11.9 Å².